The molecule has 0 bridgehead atoms. The Balaban J connectivity index is 2.60. The Morgan fingerprint density at radius 3 is 2.69 bits per heavy atom. The van der Waals surface area contributed by atoms with Crippen LogP contribution in [0.5, 0.6) is 0 Å². The summed E-state index contributed by atoms with van der Waals surface area (Å²) in [6.45, 7) is 4.29. The minimum Gasteiger partial charge on any atom is -0.402 e. The largest absolute Gasteiger partial charge is 0.635 e. The molecule has 2 atom stereocenters. The summed E-state index contributed by atoms with van der Waals surface area (Å²) in [5.41, 5.74) is 5.76. The minimum absolute atomic E-state index is 0.0489. The number of rotatable bonds is 4. The number of carbonyl (C=O) groups is 1. The predicted octanol–water partition coefficient (Wildman–Crippen LogP) is -1.10. The van der Waals surface area contributed by atoms with Gasteiger partial charge in [-0.3, -0.25) is 4.79 Å². The van der Waals surface area contributed by atoms with E-state index in [9.17, 15) is 4.79 Å². The lowest BCUT2D eigenvalue weighted by atomic mass is 10.0. The number of hydrogen-bond acceptors (Lipinski definition) is 5. The first kappa shape index (κ1) is 13.4. The van der Waals surface area contributed by atoms with Crippen LogP contribution < -0.4 is 5.73 Å². The Morgan fingerprint density at radius 1 is 1.56 bits per heavy atom. The van der Waals surface area contributed by atoms with Gasteiger partial charge in [0.25, 0.3) is 0 Å². The van der Waals surface area contributed by atoms with E-state index in [1.807, 2.05) is 13.8 Å². The average Bonchev–Trinajstić information content (AvgIpc) is 2.62. The van der Waals surface area contributed by atoms with Gasteiger partial charge in [0, 0.05) is 6.54 Å². The lowest BCUT2D eigenvalue weighted by Crippen LogP contribution is -2.50. The third kappa shape index (κ3) is 3.18. The van der Waals surface area contributed by atoms with E-state index in [1.165, 1.54) is 4.90 Å². The van der Waals surface area contributed by atoms with Crippen LogP contribution in [0.1, 0.15) is 26.7 Å². The highest BCUT2D eigenvalue weighted by Crippen LogP contribution is 2.20. The summed E-state index contributed by atoms with van der Waals surface area (Å²) in [5.74, 6) is -0.147. The van der Waals surface area contributed by atoms with Crippen LogP contribution in [0.2, 0.25) is 0 Å². The molecule has 1 rings (SSSR count). The Bertz CT molecular complexity index is 250. The number of nitrogens with zero attached hydrogens (tertiary/aromatic N) is 1. The van der Waals surface area contributed by atoms with E-state index in [2.05, 4.69) is 0 Å². The lowest BCUT2D eigenvalue weighted by Gasteiger charge is -2.28. The number of hydrogen-bond donors (Lipinski definition) is 3. The summed E-state index contributed by atoms with van der Waals surface area (Å²) in [5, 5.41) is 17.4. The first-order chi connectivity index (χ1) is 7.43. The van der Waals surface area contributed by atoms with E-state index in [0.717, 1.165) is 6.42 Å². The van der Waals surface area contributed by atoms with Crippen molar-refractivity contribution >= 4 is 13.2 Å². The lowest BCUT2D eigenvalue weighted by molar-refractivity contribution is -0.140. The van der Waals surface area contributed by atoms with E-state index < -0.39 is 19.6 Å². The van der Waals surface area contributed by atoms with Crippen LogP contribution in [-0.4, -0.2) is 47.0 Å². The molecule has 0 aromatic heterocycles. The molecule has 92 valence electrons. The molecule has 16 heavy (non-hydrogen) atoms. The number of nitrogens with two attached hydrogens (primary N) is 1. The molecule has 6 nitrogen and oxygen atoms in total. The quantitative estimate of drug-likeness (QED) is 0.533. The Kier molecular flexibility index (Phi) is 4.73. The third-order valence-corrected chi connectivity index (χ3v) is 2.76. The highest BCUT2D eigenvalue weighted by Gasteiger charge is 2.35. The zero-order valence-corrected chi connectivity index (χ0v) is 9.67. The van der Waals surface area contributed by atoms with Crippen LogP contribution in [0.25, 0.3) is 0 Å². The molecule has 0 spiro atoms. The van der Waals surface area contributed by atoms with Gasteiger partial charge in [-0.05, 0) is 18.8 Å². The number of amides is 1. The molecule has 0 aromatic carbocycles. The maximum absolute atomic E-state index is 11.9. The molecule has 1 heterocycles. The van der Waals surface area contributed by atoms with Crippen molar-refractivity contribution in [1.82, 2.24) is 4.90 Å². The van der Waals surface area contributed by atoms with Crippen molar-refractivity contribution in [2.24, 2.45) is 11.7 Å². The maximum Gasteiger partial charge on any atom is 0.635 e. The third-order valence-electron chi connectivity index (χ3n) is 2.76. The van der Waals surface area contributed by atoms with Crippen molar-refractivity contribution in [3.05, 3.63) is 0 Å². The normalized spacial score (nSPS) is 22.6. The fourth-order valence-corrected chi connectivity index (χ4v) is 1.75. The van der Waals surface area contributed by atoms with E-state index in [4.69, 9.17) is 20.4 Å². The van der Waals surface area contributed by atoms with Crippen LogP contribution in [0, 0.1) is 5.92 Å². The van der Waals surface area contributed by atoms with Gasteiger partial charge in [-0.15, -0.1) is 0 Å². The van der Waals surface area contributed by atoms with Gasteiger partial charge in [-0.1, -0.05) is 13.8 Å². The van der Waals surface area contributed by atoms with E-state index in [-0.39, 0.29) is 11.8 Å². The van der Waals surface area contributed by atoms with Crippen LogP contribution in [-0.2, 0) is 9.45 Å². The zero-order valence-electron chi connectivity index (χ0n) is 9.67. The van der Waals surface area contributed by atoms with Crippen molar-refractivity contribution < 1.29 is 19.5 Å². The Morgan fingerprint density at radius 2 is 2.19 bits per heavy atom. The molecule has 0 saturated carbocycles. The molecule has 0 radical (unpaired) electrons. The topological polar surface area (TPSA) is 96.0 Å². The van der Waals surface area contributed by atoms with E-state index in [1.54, 1.807) is 0 Å². The van der Waals surface area contributed by atoms with Gasteiger partial charge in [0.1, 0.15) is 6.23 Å². The molecule has 4 N–H and O–H groups in total. The van der Waals surface area contributed by atoms with Gasteiger partial charge >= 0.3 is 7.32 Å². The van der Waals surface area contributed by atoms with Crippen LogP contribution in [0.4, 0.5) is 0 Å². The summed E-state index contributed by atoms with van der Waals surface area (Å²) in [6.07, 6.45) is 0.819. The zero-order chi connectivity index (χ0) is 12.3. The van der Waals surface area contributed by atoms with Gasteiger partial charge < -0.3 is 25.3 Å². The fourth-order valence-electron chi connectivity index (χ4n) is 1.75. The molecule has 0 unspecified atom stereocenters. The standard InChI is InChI=1S/C9H19BN2O4/c1-6(2)8(11)9(13)12-5-3-4-7(12)16-10(14)15/h6-8,14-15H,3-5,11H2,1-2H3/t7-,8+/m1/s1. The molecule has 1 saturated heterocycles. The van der Waals surface area contributed by atoms with E-state index >= 15 is 0 Å². The summed E-state index contributed by atoms with van der Waals surface area (Å²) in [4.78, 5) is 13.4. The smallest absolute Gasteiger partial charge is 0.402 e. The van der Waals surface area contributed by atoms with Crippen molar-refractivity contribution in [2.75, 3.05) is 6.54 Å². The average molecular weight is 230 g/mol. The molecule has 1 aliphatic rings. The van der Waals surface area contributed by atoms with Gasteiger partial charge in [-0.2, -0.15) is 0 Å². The molecular weight excluding hydrogens is 211 g/mol. The molecule has 7 heteroatoms. The van der Waals surface area contributed by atoms with Crippen molar-refractivity contribution in [3.63, 3.8) is 0 Å². The summed E-state index contributed by atoms with van der Waals surface area (Å²) in [6, 6.07) is -0.569. The van der Waals surface area contributed by atoms with Crippen LogP contribution in [0.15, 0.2) is 0 Å². The molecule has 0 aromatic rings. The van der Waals surface area contributed by atoms with Crippen molar-refractivity contribution in [2.45, 2.75) is 39.0 Å². The molecule has 1 amide bonds. The van der Waals surface area contributed by atoms with Gasteiger partial charge in [0.05, 0.1) is 6.04 Å². The second kappa shape index (κ2) is 5.63. The molecule has 1 fully saturated rings. The van der Waals surface area contributed by atoms with Crippen molar-refractivity contribution in [1.29, 1.82) is 0 Å². The van der Waals surface area contributed by atoms with E-state index in [0.29, 0.717) is 13.0 Å². The minimum atomic E-state index is -1.85. The Labute approximate surface area is 95.5 Å². The monoisotopic (exact) mass is 230 g/mol. The van der Waals surface area contributed by atoms with Crippen molar-refractivity contribution in [3.8, 4) is 0 Å². The second-order valence-corrected chi connectivity index (χ2v) is 4.36. The maximum atomic E-state index is 11.9. The Hall–Kier alpha value is -0.625. The first-order valence-corrected chi connectivity index (χ1v) is 5.51. The SMILES string of the molecule is CC(C)[C@H](N)C(=O)N1CCC[C@H]1OB(O)O. The molecule has 1 aliphatic heterocycles. The van der Waals surface area contributed by atoms with Crippen LogP contribution in [0.3, 0.4) is 0 Å². The summed E-state index contributed by atoms with van der Waals surface area (Å²) >= 11 is 0. The fraction of sp³-hybridized carbons (Fsp3) is 0.889. The summed E-state index contributed by atoms with van der Waals surface area (Å²) < 4.78 is 4.84. The number of likely N-dealkylation sites (tertiary alicyclic amines) is 1. The predicted molar refractivity (Wildman–Crippen MR) is 58.8 cm³/mol. The second-order valence-electron chi connectivity index (χ2n) is 4.36. The molecule has 0 aliphatic carbocycles. The summed E-state index contributed by atoms with van der Waals surface area (Å²) in [7, 11) is -1.85. The highest BCUT2D eigenvalue weighted by atomic mass is 16.6. The van der Waals surface area contributed by atoms with Crippen LogP contribution >= 0.6 is 0 Å². The van der Waals surface area contributed by atoms with Gasteiger partial charge in [-0.25, -0.2) is 0 Å². The first-order valence-electron chi connectivity index (χ1n) is 5.51. The van der Waals surface area contributed by atoms with Gasteiger partial charge in [0.2, 0.25) is 5.91 Å². The van der Waals surface area contributed by atoms with Gasteiger partial charge in [0.15, 0.2) is 0 Å². The molecular formula is C9H19BN2O4. The highest BCUT2D eigenvalue weighted by molar-refractivity contribution is 6.32. The number of carbonyl (C=O) groups excluding carboxylic acids is 1.